The molecule has 1 atom stereocenters. The fourth-order valence-electron chi connectivity index (χ4n) is 3.15. The van der Waals surface area contributed by atoms with Gasteiger partial charge in [0.2, 0.25) is 12.0 Å². The molecule has 1 aliphatic rings. The van der Waals surface area contributed by atoms with Gasteiger partial charge in [-0.3, -0.25) is 23.7 Å². The van der Waals surface area contributed by atoms with Crippen LogP contribution in [0.2, 0.25) is 0 Å². The molecule has 0 bridgehead atoms. The summed E-state index contributed by atoms with van der Waals surface area (Å²) in [6, 6.07) is 5.41. The Labute approximate surface area is 196 Å². The summed E-state index contributed by atoms with van der Waals surface area (Å²) in [5, 5.41) is 15.9. The van der Waals surface area contributed by atoms with Crippen LogP contribution in [0.25, 0.3) is 0 Å². The van der Waals surface area contributed by atoms with Crippen LogP contribution >= 0.6 is 0 Å². The highest BCUT2D eigenvalue weighted by molar-refractivity contribution is 6.23. The first kappa shape index (κ1) is 26.6. The molecule has 0 fully saturated rings. The first-order valence-corrected chi connectivity index (χ1v) is 10.5. The number of fused-ring (bicyclic) bond motifs is 1. The molecule has 184 valence electrons. The van der Waals surface area contributed by atoms with Crippen LogP contribution in [0, 0.1) is 5.82 Å². The van der Waals surface area contributed by atoms with Gasteiger partial charge in [0.05, 0.1) is 6.04 Å². The number of nitrogens with zero attached hydrogens (tertiary/aromatic N) is 4. The lowest BCUT2D eigenvalue weighted by Crippen LogP contribution is -2.34. The molecule has 0 radical (unpaired) electrons. The van der Waals surface area contributed by atoms with Crippen LogP contribution in [0.5, 0.6) is 5.75 Å². The number of carbonyl (C=O) groups is 3. The maximum Gasteiger partial charge on any atom is 0.296 e. The summed E-state index contributed by atoms with van der Waals surface area (Å²) in [7, 11) is 6.73. The van der Waals surface area contributed by atoms with E-state index in [1.54, 1.807) is 19.2 Å². The molecule has 0 aliphatic carbocycles. The van der Waals surface area contributed by atoms with E-state index in [-0.39, 0.29) is 30.4 Å². The second-order valence-corrected chi connectivity index (χ2v) is 7.89. The zero-order valence-electron chi connectivity index (χ0n) is 19.5. The average Bonchev–Trinajstić information content (AvgIpc) is 2.98. The van der Waals surface area contributed by atoms with Crippen LogP contribution in [-0.2, 0) is 22.7 Å². The van der Waals surface area contributed by atoms with E-state index in [2.05, 4.69) is 15.6 Å². The molecule has 3 rings (SSSR count). The highest BCUT2D eigenvalue weighted by Gasteiger charge is 2.27. The Morgan fingerprint density at radius 3 is 2.44 bits per heavy atom. The Hall–Kier alpha value is -3.64. The Bertz CT molecular complexity index is 1090. The van der Waals surface area contributed by atoms with Crippen LogP contribution < -0.4 is 16.2 Å². The van der Waals surface area contributed by atoms with Crippen molar-refractivity contribution >= 4 is 18.1 Å². The van der Waals surface area contributed by atoms with E-state index in [4.69, 9.17) is 0 Å². The maximum absolute atomic E-state index is 13.0. The summed E-state index contributed by atoms with van der Waals surface area (Å²) >= 11 is 0. The summed E-state index contributed by atoms with van der Waals surface area (Å²) in [5.74, 6) is -1.79. The number of halogens is 1. The standard InChI is InChI=1S/C18H22FN5O3.C4H7NO2/c1-20-13-10-23(2)7-8-24-16(13)22-14(15(25)18(24)27)17(26)21-9-11-3-5-12(19)6-4-11;1-5(2)4(7)3-6/h3-6,13,20,25H,7-10H2,1-2H3,(H,21,26);3H,1-2H3. The van der Waals surface area contributed by atoms with Crippen molar-refractivity contribution in [2.45, 2.75) is 19.1 Å². The number of aromatic hydroxyl groups is 1. The summed E-state index contributed by atoms with van der Waals surface area (Å²) in [6.45, 7) is 1.74. The van der Waals surface area contributed by atoms with Crippen LogP contribution in [0.3, 0.4) is 0 Å². The number of benzene rings is 1. The van der Waals surface area contributed by atoms with Crippen molar-refractivity contribution in [3.8, 4) is 5.75 Å². The SMILES string of the molecule is CN(C)C(=O)C=O.CNC1CN(C)CCn2c1nc(C(=O)NCc1ccc(F)cc1)c(O)c2=O. The molecule has 1 aliphatic heterocycles. The third kappa shape index (κ3) is 6.68. The predicted octanol–water partition coefficient (Wildman–Crippen LogP) is -0.503. The van der Waals surface area contributed by atoms with Gasteiger partial charge in [-0.15, -0.1) is 0 Å². The second-order valence-electron chi connectivity index (χ2n) is 7.89. The topological polar surface area (TPSA) is 137 Å². The Morgan fingerprint density at radius 1 is 1.26 bits per heavy atom. The van der Waals surface area contributed by atoms with Gasteiger partial charge in [-0.05, 0) is 31.8 Å². The number of nitrogens with one attached hydrogen (secondary N) is 2. The van der Waals surface area contributed by atoms with Crippen molar-refractivity contribution in [1.82, 2.24) is 30.0 Å². The van der Waals surface area contributed by atoms with Gasteiger partial charge in [0.1, 0.15) is 11.6 Å². The summed E-state index contributed by atoms with van der Waals surface area (Å²) in [5.41, 5.74) is -0.258. The largest absolute Gasteiger partial charge is 0.501 e. The Balaban J connectivity index is 0.000000509. The number of aromatic nitrogens is 2. The maximum atomic E-state index is 13.0. The minimum absolute atomic E-state index is 0.122. The van der Waals surface area contributed by atoms with Crippen molar-refractivity contribution in [2.24, 2.45) is 0 Å². The van der Waals surface area contributed by atoms with E-state index >= 15 is 0 Å². The smallest absolute Gasteiger partial charge is 0.296 e. The molecule has 11 nitrogen and oxygen atoms in total. The molecule has 3 N–H and O–H groups in total. The molecule has 0 saturated carbocycles. The molecular weight excluding hydrogens is 447 g/mol. The van der Waals surface area contributed by atoms with Gasteiger partial charge in [-0.25, -0.2) is 9.37 Å². The fourth-order valence-corrected chi connectivity index (χ4v) is 3.15. The number of carbonyl (C=O) groups excluding carboxylic acids is 3. The minimum atomic E-state index is -0.672. The van der Waals surface area contributed by atoms with Crippen molar-refractivity contribution in [3.63, 3.8) is 0 Å². The number of likely N-dealkylation sites (N-methyl/N-ethyl adjacent to an activating group) is 3. The third-order valence-electron chi connectivity index (χ3n) is 5.16. The molecule has 1 aromatic carbocycles. The Kier molecular flexibility index (Phi) is 9.39. The van der Waals surface area contributed by atoms with Gasteiger partial charge in [0.15, 0.2) is 5.69 Å². The zero-order valence-corrected chi connectivity index (χ0v) is 19.5. The minimum Gasteiger partial charge on any atom is -0.501 e. The molecule has 1 unspecified atom stereocenters. The van der Waals surface area contributed by atoms with Gasteiger partial charge in [0.25, 0.3) is 17.4 Å². The summed E-state index contributed by atoms with van der Waals surface area (Å²) in [4.78, 5) is 52.3. The number of aldehydes is 1. The van der Waals surface area contributed by atoms with E-state index in [0.717, 1.165) is 0 Å². The first-order valence-electron chi connectivity index (χ1n) is 10.5. The molecular formula is C22H29FN6O5. The third-order valence-corrected chi connectivity index (χ3v) is 5.16. The van der Waals surface area contributed by atoms with Crippen molar-refractivity contribution in [3.05, 3.63) is 57.5 Å². The second kappa shape index (κ2) is 12.0. The van der Waals surface area contributed by atoms with Crippen molar-refractivity contribution in [2.75, 3.05) is 41.3 Å². The zero-order chi connectivity index (χ0) is 25.4. The van der Waals surface area contributed by atoms with Gasteiger partial charge in [-0.1, -0.05) is 12.1 Å². The van der Waals surface area contributed by atoms with E-state index in [9.17, 15) is 28.7 Å². The predicted molar refractivity (Wildman–Crippen MR) is 122 cm³/mol. The van der Waals surface area contributed by atoms with Crippen molar-refractivity contribution < 1.29 is 23.9 Å². The summed E-state index contributed by atoms with van der Waals surface area (Å²) < 4.78 is 14.4. The molecule has 12 heteroatoms. The van der Waals surface area contributed by atoms with Gasteiger partial charge in [0, 0.05) is 40.3 Å². The number of hydrogen-bond acceptors (Lipinski definition) is 8. The van der Waals surface area contributed by atoms with E-state index in [1.807, 2.05) is 11.9 Å². The van der Waals surface area contributed by atoms with Gasteiger partial charge < -0.3 is 25.5 Å². The quantitative estimate of drug-likeness (QED) is 0.388. The van der Waals surface area contributed by atoms with E-state index in [1.165, 1.54) is 35.7 Å². The molecule has 2 amide bonds. The molecule has 0 saturated heterocycles. The fraction of sp³-hybridized carbons (Fsp3) is 0.409. The highest BCUT2D eigenvalue weighted by atomic mass is 19.1. The molecule has 34 heavy (non-hydrogen) atoms. The number of rotatable bonds is 5. The van der Waals surface area contributed by atoms with Crippen LogP contribution in [0.1, 0.15) is 27.9 Å². The van der Waals surface area contributed by atoms with Crippen LogP contribution in [0.4, 0.5) is 4.39 Å². The van der Waals surface area contributed by atoms with Gasteiger partial charge in [-0.2, -0.15) is 0 Å². The van der Waals surface area contributed by atoms with E-state index < -0.39 is 23.1 Å². The lowest BCUT2D eigenvalue weighted by Gasteiger charge is -2.20. The molecule has 2 aromatic rings. The van der Waals surface area contributed by atoms with Gasteiger partial charge >= 0.3 is 0 Å². The lowest BCUT2D eigenvalue weighted by atomic mass is 10.2. The molecule has 0 spiro atoms. The van der Waals surface area contributed by atoms with Crippen LogP contribution in [0.15, 0.2) is 29.1 Å². The number of hydrogen-bond donors (Lipinski definition) is 3. The lowest BCUT2D eigenvalue weighted by molar-refractivity contribution is -0.136. The first-order chi connectivity index (χ1) is 16.1. The monoisotopic (exact) mass is 476 g/mol. The van der Waals surface area contributed by atoms with E-state index in [0.29, 0.717) is 31.0 Å². The molecule has 2 heterocycles. The summed E-state index contributed by atoms with van der Waals surface area (Å²) in [6.07, 6.45) is 0.278. The van der Waals surface area contributed by atoms with Crippen LogP contribution in [-0.4, -0.2) is 83.8 Å². The number of amides is 2. The normalized spacial score (nSPS) is 15.3. The van der Waals surface area contributed by atoms with Crippen molar-refractivity contribution in [1.29, 1.82) is 0 Å². The average molecular weight is 477 g/mol. The highest BCUT2D eigenvalue weighted by Crippen LogP contribution is 2.18. The molecule has 1 aromatic heterocycles. The Morgan fingerprint density at radius 2 is 1.91 bits per heavy atom.